The van der Waals surface area contributed by atoms with Crippen LogP contribution in [0.15, 0.2) is 11.6 Å². The third kappa shape index (κ3) is 3.28. The van der Waals surface area contributed by atoms with Crippen LogP contribution in [-0.2, 0) is 9.53 Å². The maximum atomic E-state index is 13.7. The molecule has 204 valence electrons. The topological polar surface area (TPSA) is 66.8 Å². The Kier molecular flexibility index (Phi) is 6.36. The van der Waals surface area contributed by atoms with Gasteiger partial charge in [0.05, 0.1) is 18.1 Å². The summed E-state index contributed by atoms with van der Waals surface area (Å²) in [6.45, 7) is 17.1. The molecule has 2 N–H and O–H groups in total. The number of aliphatic hydroxyl groups excluding tert-OH is 2. The zero-order valence-electron chi connectivity index (χ0n) is 24.0. The highest BCUT2D eigenvalue weighted by Gasteiger charge is 2.69. The lowest BCUT2D eigenvalue weighted by Gasteiger charge is -2.71. The fourth-order valence-electron chi connectivity index (χ4n) is 11.1. The maximum absolute atomic E-state index is 13.7. The van der Waals surface area contributed by atoms with E-state index >= 15 is 0 Å². The maximum Gasteiger partial charge on any atom is 0.312 e. The van der Waals surface area contributed by atoms with Gasteiger partial charge in [-0.05, 0) is 109 Å². The second-order valence-corrected chi connectivity index (χ2v) is 15.0. The van der Waals surface area contributed by atoms with Crippen LogP contribution in [0.25, 0.3) is 0 Å². The number of rotatable bonds is 3. The summed E-state index contributed by atoms with van der Waals surface area (Å²) < 4.78 is 5.70. The molecule has 4 saturated carbocycles. The highest BCUT2D eigenvalue weighted by molar-refractivity contribution is 5.79. The first-order chi connectivity index (χ1) is 16.8. The molecule has 4 fully saturated rings. The summed E-state index contributed by atoms with van der Waals surface area (Å²) in [7, 11) is 0. The van der Waals surface area contributed by atoms with E-state index in [2.05, 4.69) is 54.5 Å². The molecule has 0 radical (unpaired) electrons. The number of hydrogen-bond acceptors (Lipinski definition) is 4. The van der Waals surface area contributed by atoms with Crippen molar-refractivity contribution in [3.05, 3.63) is 11.6 Å². The van der Waals surface area contributed by atoms with E-state index in [1.165, 1.54) is 12.8 Å². The first kappa shape index (κ1) is 26.7. The van der Waals surface area contributed by atoms with Crippen molar-refractivity contribution in [1.82, 2.24) is 0 Å². The van der Waals surface area contributed by atoms with Gasteiger partial charge in [0.25, 0.3) is 0 Å². The van der Waals surface area contributed by atoms with Crippen molar-refractivity contribution in [3.63, 3.8) is 0 Å². The lowest BCUT2D eigenvalue weighted by Crippen LogP contribution is -2.65. The predicted molar refractivity (Wildman–Crippen MR) is 143 cm³/mol. The number of allylic oxidation sites excluding steroid dienone is 2. The number of fused-ring (bicyclic) bond motifs is 7. The standard InChI is InChI=1S/C32H52O4/c1-20-10-15-32(27(35)36-19-18-33)17-16-30(6)22(26(32)21(20)2)8-9-24-29(5)13-12-25(34)28(3,4)23(29)11-14-31(24,30)7/h8,20-21,23-26,33-34H,9-19H2,1-7H3/t20-,21+,23?,24-,25+,26+,29+,30-,31-,32+/m1/s1. The van der Waals surface area contributed by atoms with E-state index < -0.39 is 5.41 Å². The van der Waals surface area contributed by atoms with Gasteiger partial charge in [0.1, 0.15) is 6.61 Å². The van der Waals surface area contributed by atoms with Crippen molar-refractivity contribution in [3.8, 4) is 0 Å². The Morgan fingerprint density at radius 3 is 2.39 bits per heavy atom. The van der Waals surface area contributed by atoms with Crippen molar-refractivity contribution in [2.24, 2.45) is 56.7 Å². The zero-order valence-corrected chi connectivity index (χ0v) is 24.0. The minimum absolute atomic E-state index is 0.0370. The van der Waals surface area contributed by atoms with Crippen molar-refractivity contribution in [2.45, 2.75) is 112 Å². The van der Waals surface area contributed by atoms with Crippen LogP contribution in [0.2, 0.25) is 0 Å². The summed E-state index contributed by atoms with van der Waals surface area (Å²) in [5.41, 5.74) is 1.60. The summed E-state index contributed by atoms with van der Waals surface area (Å²) in [4.78, 5) is 13.7. The smallest absolute Gasteiger partial charge is 0.312 e. The highest BCUT2D eigenvalue weighted by Crippen LogP contribution is 2.75. The second-order valence-electron chi connectivity index (χ2n) is 15.0. The second kappa shape index (κ2) is 8.57. The fraction of sp³-hybridized carbons (Fsp3) is 0.906. The minimum Gasteiger partial charge on any atom is -0.463 e. The van der Waals surface area contributed by atoms with E-state index in [1.54, 1.807) is 5.57 Å². The number of ether oxygens (including phenoxy) is 1. The minimum atomic E-state index is -0.437. The molecule has 0 aromatic heterocycles. The predicted octanol–water partition coefficient (Wildman–Crippen LogP) is 6.54. The molecular weight excluding hydrogens is 448 g/mol. The molecule has 0 aliphatic heterocycles. The van der Waals surface area contributed by atoms with E-state index in [0.29, 0.717) is 23.7 Å². The Bertz CT molecular complexity index is 923. The summed E-state index contributed by atoms with van der Waals surface area (Å²) in [6.07, 6.45) is 11.9. The van der Waals surface area contributed by atoms with Crippen LogP contribution >= 0.6 is 0 Å². The molecule has 36 heavy (non-hydrogen) atoms. The number of aliphatic hydroxyl groups is 2. The van der Waals surface area contributed by atoms with E-state index in [-0.39, 0.29) is 52.9 Å². The quantitative estimate of drug-likeness (QED) is 0.341. The van der Waals surface area contributed by atoms with Crippen LogP contribution < -0.4 is 0 Å². The van der Waals surface area contributed by atoms with Gasteiger partial charge in [-0.2, -0.15) is 0 Å². The Labute approximate surface area is 219 Å². The van der Waals surface area contributed by atoms with Crippen LogP contribution in [0.3, 0.4) is 0 Å². The number of esters is 1. The van der Waals surface area contributed by atoms with Gasteiger partial charge in [-0.25, -0.2) is 0 Å². The van der Waals surface area contributed by atoms with Gasteiger partial charge in [-0.1, -0.05) is 60.1 Å². The Hall–Kier alpha value is -0.870. The highest BCUT2D eigenvalue weighted by atomic mass is 16.5. The third-order valence-corrected chi connectivity index (χ3v) is 13.7. The first-order valence-electron chi connectivity index (χ1n) is 15.0. The number of carbonyl (C=O) groups excluding carboxylic acids is 1. The monoisotopic (exact) mass is 500 g/mol. The Balaban J connectivity index is 1.58. The van der Waals surface area contributed by atoms with Gasteiger partial charge >= 0.3 is 5.97 Å². The molecule has 0 bridgehead atoms. The van der Waals surface area contributed by atoms with Crippen molar-refractivity contribution in [1.29, 1.82) is 0 Å². The van der Waals surface area contributed by atoms with Gasteiger partial charge < -0.3 is 14.9 Å². The molecule has 5 aliphatic carbocycles. The van der Waals surface area contributed by atoms with Crippen LogP contribution in [0, 0.1) is 56.7 Å². The summed E-state index contributed by atoms with van der Waals surface area (Å²) in [6, 6.07) is 0. The summed E-state index contributed by atoms with van der Waals surface area (Å²) >= 11 is 0. The van der Waals surface area contributed by atoms with Gasteiger partial charge in [-0.15, -0.1) is 0 Å². The lowest BCUT2D eigenvalue weighted by molar-refractivity contribution is -0.207. The Morgan fingerprint density at radius 1 is 0.972 bits per heavy atom. The third-order valence-electron chi connectivity index (χ3n) is 13.7. The van der Waals surface area contributed by atoms with Crippen LogP contribution in [-0.4, -0.2) is 35.5 Å². The molecule has 4 heteroatoms. The molecule has 0 amide bonds. The fourth-order valence-corrected chi connectivity index (χ4v) is 11.1. The summed E-state index contributed by atoms with van der Waals surface area (Å²) in [5.74, 6) is 2.37. The van der Waals surface area contributed by atoms with Gasteiger partial charge in [0.15, 0.2) is 0 Å². The molecule has 1 unspecified atom stereocenters. The van der Waals surface area contributed by atoms with E-state index in [0.717, 1.165) is 44.9 Å². The van der Waals surface area contributed by atoms with Crippen LogP contribution in [0.4, 0.5) is 0 Å². The van der Waals surface area contributed by atoms with Crippen molar-refractivity contribution in [2.75, 3.05) is 13.2 Å². The number of carbonyl (C=O) groups is 1. The zero-order chi connectivity index (χ0) is 26.3. The van der Waals surface area contributed by atoms with Crippen molar-refractivity contribution < 1.29 is 19.7 Å². The molecule has 0 saturated heterocycles. The Morgan fingerprint density at radius 2 is 1.69 bits per heavy atom. The van der Waals surface area contributed by atoms with E-state index in [1.807, 2.05) is 0 Å². The van der Waals surface area contributed by atoms with E-state index in [9.17, 15) is 15.0 Å². The average molecular weight is 501 g/mol. The average Bonchev–Trinajstić information content (AvgIpc) is 2.83. The lowest BCUT2D eigenvalue weighted by atomic mass is 9.33. The molecule has 0 heterocycles. The van der Waals surface area contributed by atoms with Crippen molar-refractivity contribution >= 4 is 5.97 Å². The SMILES string of the molecule is C[C@H]1[C@H](C)CC[C@]2(C(=O)OCCO)CC[C@]3(C)C(=CC[C@@H]4[C@@]5(C)CC[C@H](O)C(C)(C)C5CC[C@]43C)[C@H]12. The molecule has 4 nitrogen and oxygen atoms in total. The molecule has 0 spiro atoms. The first-order valence-corrected chi connectivity index (χ1v) is 15.0. The number of hydrogen-bond donors (Lipinski definition) is 2. The molecular formula is C32H52O4. The van der Waals surface area contributed by atoms with Gasteiger partial charge in [0, 0.05) is 0 Å². The molecule has 5 rings (SSSR count). The van der Waals surface area contributed by atoms with E-state index in [4.69, 9.17) is 4.74 Å². The largest absolute Gasteiger partial charge is 0.463 e. The summed E-state index contributed by atoms with van der Waals surface area (Å²) in [5, 5.41) is 20.3. The molecule has 5 aliphatic rings. The normalized spacial score (nSPS) is 51.6. The molecule has 0 aromatic rings. The van der Waals surface area contributed by atoms with Crippen LogP contribution in [0.5, 0.6) is 0 Å². The van der Waals surface area contributed by atoms with Gasteiger partial charge in [0.2, 0.25) is 0 Å². The molecule has 10 atom stereocenters. The molecule has 0 aromatic carbocycles. The van der Waals surface area contributed by atoms with Gasteiger partial charge in [-0.3, -0.25) is 4.79 Å². The van der Waals surface area contributed by atoms with Crippen LogP contribution in [0.1, 0.15) is 106 Å².